The summed E-state index contributed by atoms with van der Waals surface area (Å²) in [6.45, 7) is 0.292. The molecule has 6 nitrogen and oxygen atoms in total. The van der Waals surface area contributed by atoms with Gasteiger partial charge in [0.05, 0.1) is 17.2 Å². The lowest BCUT2D eigenvalue weighted by atomic mass is 10.1. The molecule has 1 atom stereocenters. The minimum Gasteiger partial charge on any atom is -0.497 e. The van der Waals surface area contributed by atoms with E-state index in [2.05, 4.69) is 11.8 Å². The Morgan fingerprint density at radius 3 is 2.41 bits per heavy atom. The molecule has 0 aliphatic rings. The first kappa shape index (κ1) is 25.3. The van der Waals surface area contributed by atoms with Crippen LogP contribution in [-0.2, 0) is 17.8 Å². The van der Waals surface area contributed by atoms with Crippen molar-refractivity contribution in [2.45, 2.75) is 19.1 Å². The van der Waals surface area contributed by atoms with Crippen LogP contribution in [-0.4, -0.2) is 30.8 Å². The molecule has 176 valence electrons. The van der Waals surface area contributed by atoms with E-state index in [-0.39, 0.29) is 35.4 Å². The second kappa shape index (κ2) is 12.2. The number of carboxylic acid groups (broad SMARTS) is 1. The van der Waals surface area contributed by atoms with E-state index in [4.69, 9.17) is 48.3 Å². The van der Waals surface area contributed by atoms with Gasteiger partial charge in [-0.05, 0) is 54.4 Å². The van der Waals surface area contributed by atoms with Gasteiger partial charge in [0.2, 0.25) is 0 Å². The van der Waals surface area contributed by atoms with Gasteiger partial charge >= 0.3 is 5.97 Å². The summed E-state index contributed by atoms with van der Waals surface area (Å²) in [6, 6.07) is 17.1. The molecular weight excluding hydrogens is 477 g/mol. The van der Waals surface area contributed by atoms with Crippen molar-refractivity contribution in [3.63, 3.8) is 0 Å². The minimum absolute atomic E-state index is 0.0902. The van der Waals surface area contributed by atoms with Crippen molar-refractivity contribution < 1.29 is 24.1 Å². The van der Waals surface area contributed by atoms with Crippen molar-refractivity contribution in [1.29, 1.82) is 0 Å². The molecule has 3 aromatic rings. The van der Waals surface area contributed by atoms with E-state index in [1.54, 1.807) is 37.4 Å². The maximum Gasteiger partial charge on any atom is 0.320 e. The molecule has 0 unspecified atom stereocenters. The van der Waals surface area contributed by atoms with Gasteiger partial charge in [-0.25, -0.2) is 0 Å². The zero-order chi connectivity index (χ0) is 24.5. The van der Waals surface area contributed by atoms with E-state index in [0.717, 1.165) is 5.56 Å². The summed E-state index contributed by atoms with van der Waals surface area (Å²) < 4.78 is 17.1. The number of ether oxygens (including phenoxy) is 3. The zero-order valence-corrected chi connectivity index (χ0v) is 19.9. The molecule has 3 rings (SSSR count). The molecule has 34 heavy (non-hydrogen) atoms. The van der Waals surface area contributed by atoms with Crippen LogP contribution in [0.25, 0.3) is 0 Å². The smallest absolute Gasteiger partial charge is 0.320 e. The van der Waals surface area contributed by atoms with Gasteiger partial charge in [-0.2, -0.15) is 0 Å². The van der Waals surface area contributed by atoms with Gasteiger partial charge in [0.15, 0.2) is 5.75 Å². The predicted molar refractivity (Wildman–Crippen MR) is 132 cm³/mol. The molecule has 0 aliphatic carbocycles. The maximum atomic E-state index is 11.0. The second-order valence-electron chi connectivity index (χ2n) is 7.26. The second-order valence-corrected chi connectivity index (χ2v) is 8.07. The minimum atomic E-state index is -1.11. The molecule has 0 heterocycles. The normalized spacial score (nSPS) is 11.2. The number of methoxy groups -OCH3 is 1. The van der Waals surface area contributed by atoms with Crippen LogP contribution < -0.4 is 19.9 Å². The Hall–Kier alpha value is -3.37. The molecule has 0 spiro atoms. The van der Waals surface area contributed by atoms with Gasteiger partial charge in [0, 0.05) is 11.1 Å². The lowest BCUT2D eigenvalue weighted by molar-refractivity contribution is -0.138. The third-order valence-corrected chi connectivity index (χ3v) is 5.34. The molecule has 3 N–H and O–H groups in total. The first-order valence-electron chi connectivity index (χ1n) is 10.3. The van der Waals surface area contributed by atoms with Crippen LogP contribution in [0.4, 0.5) is 0 Å². The summed E-state index contributed by atoms with van der Waals surface area (Å²) in [4.78, 5) is 11.0. The average molecular weight is 500 g/mol. The molecule has 3 aromatic carbocycles. The standard InChI is InChI=1S/C26H23Cl2NO5/c1-32-20-9-10-24(33-11-5-8-17-6-3-2-4-7-17)19(15-20)16-34-25-21(27)12-18(13-22(25)28)14-23(29)26(30)31/h2-4,6-7,9-10,12-13,15,23H,11,14,16,29H2,1H3,(H,30,31)/t23-/m0/s1. The Morgan fingerprint density at radius 2 is 1.76 bits per heavy atom. The molecule has 0 saturated carbocycles. The van der Waals surface area contributed by atoms with Crippen molar-refractivity contribution >= 4 is 29.2 Å². The summed E-state index contributed by atoms with van der Waals surface area (Å²) in [5.41, 5.74) is 7.81. The fourth-order valence-electron chi connectivity index (χ4n) is 3.07. The lowest BCUT2D eigenvalue weighted by Gasteiger charge is -2.15. The van der Waals surface area contributed by atoms with Crippen LogP contribution in [0.1, 0.15) is 16.7 Å². The van der Waals surface area contributed by atoms with Crippen molar-refractivity contribution in [2.75, 3.05) is 13.7 Å². The first-order valence-corrected chi connectivity index (χ1v) is 11.1. The lowest BCUT2D eigenvalue weighted by Crippen LogP contribution is -2.32. The number of aliphatic carboxylic acids is 1. The number of carboxylic acids is 1. The van der Waals surface area contributed by atoms with Crippen LogP contribution in [0.5, 0.6) is 17.2 Å². The summed E-state index contributed by atoms with van der Waals surface area (Å²) in [6.07, 6.45) is 0.0902. The highest BCUT2D eigenvalue weighted by Crippen LogP contribution is 2.36. The van der Waals surface area contributed by atoms with Crippen LogP contribution in [0.3, 0.4) is 0 Å². The fraction of sp³-hybridized carbons (Fsp3) is 0.192. The van der Waals surface area contributed by atoms with Crippen LogP contribution in [0.2, 0.25) is 10.0 Å². The monoisotopic (exact) mass is 499 g/mol. The Kier molecular flexibility index (Phi) is 9.06. The quantitative estimate of drug-likeness (QED) is 0.404. The highest BCUT2D eigenvalue weighted by molar-refractivity contribution is 6.37. The number of benzene rings is 3. The van der Waals surface area contributed by atoms with Gasteiger partial charge in [-0.1, -0.05) is 53.2 Å². The number of nitrogens with two attached hydrogens (primary N) is 1. The third kappa shape index (κ3) is 7.06. The molecular formula is C26H23Cl2NO5. The predicted octanol–water partition coefficient (Wildman–Crippen LogP) is 4.97. The van der Waals surface area contributed by atoms with Crippen molar-refractivity contribution in [2.24, 2.45) is 5.73 Å². The Balaban J connectivity index is 1.72. The van der Waals surface area contributed by atoms with E-state index >= 15 is 0 Å². The molecule has 0 radical (unpaired) electrons. The average Bonchev–Trinajstić information content (AvgIpc) is 2.82. The number of hydrogen-bond acceptors (Lipinski definition) is 5. The van der Waals surface area contributed by atoms with Crippen LogP contribution in [0, 0.1) is 11.8 Å². The molecule has 0 aromatic heterocycles. The Morgan fingerprint density at radius 1 is 1.06 bits per heavy atom. The van der Waals surface area contributed by atoms with E-state index in [1.807, 2.05) is 30.3 Å². The van der Waals surface area contributed by atoms with Crippen molar-refractivity contribution in [3.05, 3.63) is 87.4 Å². The summed E-state index contributed by atoms with van der Waals surface area (Å²) in [5.74, 6) is 6.42. The molecule has 0 amide bonds. The first-order chi connectivity index (χ1) is 16.4. The van der Waals surface area contributed by atoms with E-state index in [1.165, 1.54) is 0 Å². The van der Waals surface area contributed by atoms with E-state index in [0.29, 0.717) is 22.6 Å². The van der Waals surface area contributed by atoms with Crippen molar-refractivity contribution in [3.8, 4) is 29.1 Å². The third-order valence-electron chi connectivity index (χ3n) is 4.78. The molecule has 0 saturated heterocycles. The largest absolute Gasteiger partial charge is 0.497 e. The van der Waals surface area contributed by atoms with Gasteiger partial charge < -0.3 is 25.1 Å². The molecule has 8 heteroatoms. The van der Waals surface area contributed by atoms with Crippen LogP contribution in [0.15, 0.2) is 60.7 Å². The number of halogens is 2. The number of rotatable bonds is 9. The van der Waals surface area contributed by atoms with Gasteiger partial charge in [-0.15, -0.1) is 0 Å². The Labute approximate surface area is 208 Å². The summed E-state index contributed by atoms with van der Waals surface area (Å²) in [7, 11) is 1.57. The van der Waals surface area contributed by atoms with Crippen molar-refractivity contribution in [1.82, 2.24) is 0 Å². The highest BCUT2D eigenvalue weighted by Gasteiger charge is 2.16. The summed E-state index contributed by atoms with van der Waals surface area (Å²) in [5, 5.41) is 9.50. The fourth-order valence-corrected chi connectivity index (χ4v) is 3.71. The number of carbonyl (C=O) groups is 1. The van der Waals surface area contributed by atoms with E-state index < -0.39 is 12.0 Å². The van der Waals surface area contributed by atoms with Crippen LogP contribution >= 0.6 is 23.2 Å². The van der Waals surface area contributed by atoms with Gasteiger partial charge in [-0.3, -0.25) is 4.79 Å². The molecule has 0 bridgehead atoms. The SMILES string of the molecule is COc1ccc(OCC#Cc2ccccc2)c(COc2c(Cl)cc(C[C@H](N)C(=O)O)cc2Cl)c1. The topological polar surface area (TPSA) is 91.0 Å². The van der Waals surface area contributed by atoms with E-state index in [9.17, 15) is 4.79 Å². The highest BCUT2D eigenvalue weighted by atomic mass is 35.5. The Bertz CT molecular complexity index is 1180. The molecule has 0 aliphatic heterocycles. The van der Waals surface area contributed by atoms with Gasteiger partial charge in [0.1, 0.15) is 30.8 Å². The zero-order valence-electron chi connectivity index (χ0n) is 18.4. The van der Waals surface area contributed by atoms with Gasteiger partial charge in [0.25, 0.3) is 0 Å². The number of hydrogen-bond donors (Lipinski definition) is 2. The summed E-state index contributed by atoms with van der Waals surface area (Å²) >= 11 is 12.7. The maximum absolute atomic E-state index is 11.0. The molecule has 0 fully saturated rings.